The van der Waals surface area contributed by atoms with E-state index in [1.165, 1.54) is 12.5 Å². The van der Waals surface area contributed by atoms with Crippen LogP contribution in [0.2, 0.25) is 0 Å². The quantitative estimate of drug-likeness (QED) is 0.392. The maximum atomic E-state index is 10.8. The van der Waals surface area contributed by atoms with E-state index >= 15 is 0 Å². The molecule has 82 valence electrons. The molecule has 0 aliphatic carbocycles. The predicted octanol–water partition coefficient (Wildman–Crippen LogP) is 2.51. The van der Waals surface area contributed by atoms with Crippen molar-refractivity contribution in [2.45, 2.75) is 40.0 Å². The van der Waals surface area contributed by atoms with Crippen LogP contribution in [-0.4, -0.2) is 11.1 Å². The third-order valence-corrected chi connectivity index (χ3v) is 2.55. The number of rotatable bonds is 6. The molecular weight excluding hydrogens is 178 g/mol. The Balaban J connectivity index is 4.13. The van der Waals surface area contributed by atoms with Crippen LogP contribution in [0.1, 0.15) is 40.0 Å². The summed E-state index contributed by atoms with van der Waals surface area (Å²) in [5.74, 6) is 0.562. The van der Waals surface area contributed by atoms with Crippen LogP contribution in [-0.2, 0) is 4.79 Å². The summed E-state index contributed by atoms with van der Waals surface area (Å²) in [6.07, 6.45) is 6.64. The standard InChI is InChI=1S/C11H21NO2/c1-4-6-9(3)10(5-2)7-8-11(13)12-14/h7-10,14H,4-6H2,1-3H3,(H,12,13)/b8-7+. The molecule has 0 spiro atoms. The smallest absolute Gasteiger partial charge is 0.267 e. The van der Waals surface area contributed by atoms with Gasteiger partial charge >= 0.3 is 0 Å². The van der Waals surface area contributed by atoms with E-state index in [9.17, 15) is 4.79 Å². The number of allylic oxidation sites excluding steroid dienone is 1. The molecule has 2 N–H and O–H groups in total. The minimum Gasteiger partial charge on any atom is -0.288 e. The Morgan fingerprint density at radius 2 is 2.14 bits per heavy atom. The van der Waals surface area contributed by atoms with E-state index in [4.69, 9.17) is 5.21 Å². The number of hydrogen-bond donors (Lipinski definition) is 2. The number of amides is 1. The Morgan fingerprint density at radius 1 is 1.50 bits per heavy atom. The normalized spacial score (nSPS) is 15.4. The molecule has 0 aromatic carbocycles. The van der Waals surface area contributed by atoms with Crippen molar-refractivity contribution in [3.05, 3.63) is 12.2 Å². The summed E-state index contributed by atoms with van der Waals surface area (Å²) < 4.78 is 0. The number of nitrogens with one attached hydrogen (secondary N) is 1. The van der Waals surface area contributed by atoms with E-state index in [0.29, 0.717) is 11.8 Å². The van der Waals surface area contributed by atoms with Gasteiger partial charge < -0.3 is 0 Å². The lowest BCUT2D eigenvalue weighted by Crippen LogP contribution is -2.16. The third-order valence-electron chi connectivity index (χ3n) is 2.55. The van der Waals surface area contributed by atoms with Crippen molar-refractivity contribution < 1.29 is 10.0 Å². The average Bonchev–Trinajstić information content (AvgIpc) is 2.18. The summed E-state index contributed by atoms with van der Waals surface area (Å²) in [5.41, 5.74) is 1.59. The van der Waals surface area contributed by atoms with Crippen molar-refractivity contribution in [2.24, 2.45) is 11.8 Å². The Morgan fingerprint density at radius 3 is 2.57 bits per heavy atom. The molecule has 0 aromatic rings. The fourth-order valence-corrected chi connectivity index (χ4v) is 1.65. The highest BCUT2D eigenvalue weighted by Crippen LogP contribution is 2.21. The molecule has 0 radical (unpaired) electrons. The van der Waals surface area contributed by atoms with Crippen LogP contribution in [0.4, 0.5) is 0 Å². The zero-order valence-electron chi connectivity index (χ0n) is 9.29. The van der Waals surface area contributed by atoms with E-state index in [-0.39, 0.29) is 0 Å². The van der Waals surface area contributed by atoms with Gasteiger partial charge in [0.05, 0.1) is 0 Å². The lowest BCUT2D eigenvalue weighted by Gasteiger charge is -2.18. The molecule has 0 aromatic heterocycles. The van der Waals surface area contributed by atoms with Gasteiger partial charge in [0.1, 0.15) is 0 Å². The van der Waals surface area contributed by atoms with E-state index in [2.05, 4.69) is 20.8 Å². The highest BCUT2D eigenvalue weighted by molar-refractivity contribution is 5.86. The van der Waals surface area contributed by atoms with Crippen LogP contribution in [0.25, 0.3) is 0 Å². The summed E-state index contributed by atoms with van der Waals surface area (Å²) in [6.45, 7) is 6.46. The second-order valence-electron chi connectivity index (χ2n) is 3.67. The maximum absolute atomic E-state index is 10.8. The first-order valence-electron chi connectivity index (χ1n) is 5.27. The van der Waals surface area contributed by atoms with Crippen LogP contribution in [0.15, 0.2) is 12.2 Å². The second-order valence-corrected chi connectivity index (χ2v) is 3.67. The molecule has 14 heavy (non-hydrogen) atoms. The highest BCUT2D eigenvalue weighted by atomic mass is 16.5. The molecule has 3 heteroatoms. The van der Waals surface area contributed by atoms with Gasteiger partial charge in [0.15, 0.2) is 0 Å². The highest BCUT2D eigenvalue weighted by Gasteiger charge is 2.11. The van der Waals surface area contributed by atoms with Gasteiger partial charge in [-0.25, -0.2) is 5.48 Å². The molecule has 0 saturated carbocycles. The number of hydrogen-bond acceptors (Lipinski definition) is 2. The molecule has 0 fully saturated rings. The molecule has 0 rings (SSSR count). The van der Waals surface area contributed by atoms with Gasteiger partial charge in [-0.05, 0) is 18.3 Å². The summed E-state index contributed by atoms with van der Waals surface area (Å²) in [4.78, 5) is 10.8. The van der Waals surface area contributed by atoms with Crippen LogP contribution in [0, 0.1) is 11.8 Å². The lowest BCUT2D eigenvalue weighted by atomic mass is 9.88. The van der Waals surface area contributed by atoms with Gasteiger partial charge in [-0.2, -0.15) is 0 Å². The first-order valence-corrected chi connectivity index (χ1v) is 5.27. The molecule has 0 bridgehead atoms. The maximum Gasteiger partial charge on any atom is 0.267 e. The van der Waals surface area contributed by atoms with Crippen molar-refractivity contribution in [3.63, 3.8) is 0 Å². The van der Waals surface area contributed by atoms with Gasteiger partial charge in [0.2, 0.25) is 0 Å². The number of carbonyl (C=O) groups is 1. The van der Waals surface area contributed by atoms with Gasteiger partial charge in [-0.3, -0.25) is 10.0 Å². The predicted molar refractivity (Wildman–Crippen MR) is 56.9 cm³/mol. The van der Waals surface area contributed by atoms with Gasteiger partial charge in [0, 0.05) is 6.08 Å². The molecule has 3 nitrogen and oxygen atoms in total. The van der Waals surface area contributed by atoms with Crippen LogP contribution < -0.4 is 5.48 Å². The van der Waals surface area contributed by atoms with Crippen LogP contribution >= 0.6 is 0 Å². The SMILES string of the molecule is CCCC(C)C(/C=C/C(=O)NO)CC. The number of carbonyl (C=O) groups excluding carboxylic acids is 1. The molecule has 0 aliphatic rings. The summed E-state index contributed by atoms with van der Waals surface area (Å²) >= 11 is 0. The minimum absolute atomic E-state index is 0.423. The minimum atomic E-state index is -0.452. The summed E-state index contributed by atoms with van der Waals surface area (Å²) in [5, 5.41) is 8.31. The molecule has 0 saturated heterocycles. The van der Waals surface area contributed by atoms with E-state index in [1.54, 1.807) is 5.48 Å². The molecular formula is C11H21NO2. The zero-order chi connectivity index (χ0) is 11.0. The van der Waals surface area contributed by atoms with Gasteiger partial charge in [-0.1, -0.05) is 39.7 Å². The molecule has 1 amide bonds. The molecule has 2 unspecified atom stereocenters. The molecule has 0 aliphatic heterocycles. The Kier molecular flexibility index (Phi) is 7.11. The van der Waals surface area contributed by atoms with Crippen molar-refractivity contribution in [1.29, 1.82) is 0 Å². The largest absolute Gasteiger partial charge is 0.288 e. The first kappa shape index (κ1) is 13.2. The Hall–Kier alpha value is -0.830. The van der Waals surface area contributed by atoms with Gasteiger partial charge in [0.25, 0.3) is 5.91 Å². The van der Waals surface area contributed by atoms with Crippen molar-refractivity contribution in [1.82, 2.24) is 5.48 Å². The topological polar surface area (TPSA) is 49.3 Å². The van der Waals surface area contributed by atoms with Crippen LogP contribution in [0.5, 0.6) is 0 Å². The second kappa shape index (κ2) is 7.56. The fourth-order valence-electron chi connectivity index (χ4n) is 1.65. The summed E-state index contributed by atoms with van der Waals surface area (Å²) in [6, 6.07) is 0. The first-order chi connectivity index (χ1) is 6.65. The van der Waals surface area contributed by atoms with Crippen molar-refractivity contribution >= 4 is 5.91 Å². The monoisotopic (exact) mass is 199 g/mol. The van der Waals surface area contributed by atoms with Crippen LogP contribution in [0.3, 0.4) is 0 Å². The third kappa shape index (κ3) is 5.02. The average molecular weight is 199 g/mol. The van der Waals surface area contributed by atoms with Crippen molar-refractivity contribution in [3.8, 4) is 0 Å². The molecule has 0 heterocycles. The Labute approximate surface area is 86.2 Å². The van der Waals surface area contributed by atoms with E-state index in [0.717, 1.165) is 12.8 Å². The fraction of sp³-hybridized carbons (Fsp3) is 0.727. The zero-order valence-corrected chi connectivity index (χ0v) is 9.29. The van der Waals surface area contributed by atoms with Gasteiger partial charge in [-0.15, -0.1) is 0 Å². The molecule has 2 atom stereocenters. The Bertz CT molecular complexity index is 190. The lowest BCUT2D eigenvalue weighted by molar-refractivity contribution is -0.124. The summed E-state index contributed by atoms with van der Waals surface area (Å²) in [7, 11) is 0. The number of hydroxylamine groups is 1. The van der Waals surface area contributed by atoms with E-state index < -0.39 is 5.91 Å². The van der Waals surface area contributed by atoms with E-state index in [1.807, 2.05) is 6.08 Å². The van der Waals surface area contributed by atoms with Crippen molar-refractivity contribution in [2.75, 3.05) is 0 Å².